The standard InChI is InChI=1S/C27H56O5Si2/c1-31-27(30)23-19-15-11-7-9-13-17-21-25-34(5,32-33(2,3)4)24-20-16-12-8-6-10-14-18-22-26(28)29/h6-25H2,1-5H3,(H,28,29). The normalized spacial score (nSPS) is 13.6. The van der Waals surface area contributed by atoms with E-state index in [2.05, 4.69) is 30.9 Å². The molecule has 0 bridgehead atoms. The van der Waals surface area contributed by atoms with Crippen molar-refractivity contribution in [2.75, 3.05) is 7.11 Å². The fourth-order valence-corrected chi connectivity index (χ4v) is 13.7. The van der Waals surface area contributed by atoms with Gasteiger partial charge in [0.15, 0.2) is 16.6 Å². The molecule has 0 aliphatic rings. The van der Waals surface area contributed by atoms with E-state index in [1.54, 1.807) is 0 Å². The minimum Gasteiger partial charge on any atom is -0.481 e. The molecule has 0 aromatic heterocycles. The molecule has 0 aliphatic carbocycles. The lowest BCUT2D eigenvalue weighted by atomic mass is 10.1. The Morgan fingerprint density at radius 1 is 0.588 bits per heavy atom. The number of carboxylic acid groups (broad SMARTS) is 1. The summed E-state index contributed by atoms with van der Waals surface area (Å²) >= 11 is 0. The van der Waals surface area contributed by atoms with Crippen molar-refractivity contribution in [3.8, 4) is 0 Å². The summed E-state index contributed by atoms with van der Waals surface area (Å²) in [6.45, 7) is 9.49. The molecule has 1 unspecified atom stereocenters. The molecule has 0 rings (SSSR count). The molecule has 0 fully saturated rings. The maximum atomic E-state index is 11.1. The highest BCUT2D eigenvalue weighted by Gasteiger charge is 2.33. The van der Waals surface area contributed by atoms with Crippen LogP contribution in [0, 0.1) is 0 Å². The van der Waals surface area contributed by atoms with Crippen LogP contribution in [0.4, 0.5) is 0 Å². The topological polar surface area (TPSA) is 72.8 Å². The van der Waals surface area contributed by atoms with E-state index in [4.69, 9.17) is 9.22 Å². The van der Waals surface area contributed by atoms with Crippen LogP contribution in [0.5, 0.6) is 0 Å². The van der Waals surface area contributed by atoms with Gasteiger partial charge in [-0.3, -0.25) is 9.59 Å². The van der Waals surface area contributed by atoms with Gasteiger partial charge in [0.05, 0.1) is 7.11 Å². The molecule has 0 aromatic carbocycles. The molecule has 0 aromatic rings. The zero-order valence-electron chi connectivity index (χ0n) is 23.2. The van der Waals surface area contributed by atoms with E-state index in [1.165, 1.54) is 96.2 Å². The number of carboxylic acids is 1. The number of ether oxygens (including phenoxy) is 1. The quantitative estimate of drug-likeness (QED) is 0.0789. The van der Waals surface area contributed by atoms with Crippen molar-refractivity contribution >= 4 is 28.6 Å². The van der Waals surface area contributed by atoms with E-state index in [-0.39, 0.29) is 5.97 Å². The number of aliphatic carboxylic acids is 1. The van der Waals surface area contributed by atoms with E-state index in [0.29, 0.717) is 12.8 Å². The van der Waals surface area contributed by atoms with Crippen LogP contribution in [0.15, 0.2) is 0 Å². The largest absolute Gasteiger partial charge is 0.481 e. The first-order valence-electron chi connectivity index (χ1n) is 14.1. The van der Waals surface area contributed by atoms with Crippen molar-refractivity contribution in [3.05, 3.63) is 0 Å². The van der Waals surface area contributed by atoms with Gasteiger partial charge < -0.3 is 14.0 Å². The Bertz CT molecular complexity index is 522. The van der Waals surface area contributed by atoms with E-state index >= 15 is 0 Å². The van der Waals surface area contributed by atoms with Gasteiger partial charge in [-0.15, -0.1) is 0 Å². The molecular weight excluding hydrogens is 460 g/mol. The molecule has 0 saturated heterocycles. The van der Waals surface area contributed by atoms with E-state index in [0.717, 1.165) is 25.7 Å². The Balaban J connectivity index is 3.92. The van der Waals surface area contributed by atoms with Crippen LogP contribution >= 0.6 is 0 Å². The predicted octanol–water partition coefficient (Wildman–Crippen LogP) is 8.69. The van der Waals surface area contributed by atoms with Crippen molar-refractivity contribution in [1.82, 2.24) is 0 Å². The maximum absolute atomic E-state index is 11.1. The van der Waals surface area contributed by atoms with Gasteiger partial charge in [-0.2, -0.15) is 0 Å². The SMILES string of the molecule is COC(=O)CCCCCCCCCC[Si](C)(CCCCCCCCCCC(=O)O)O[Si](C)(C)C. The Kier molecular flexibility index (Phi) is 20.1. The molecule has 0 aliphatic heterocycles. The predicted molar refractivity (Wildman–Crippen MR) is 148 cm³/mol. The lowest BCUT2D eigenvalue weighted by molar-refractivity contribution is -0.141. The summed E-state index contributed by atoms with van der Waals surface area (Å²) in [5.74, 6) is -0.755. The van der Waals surface area contributed by atoms with Crippen LogP contribution in [0.3, 0.4) is 0 Å². The van der Waals surface area contributed by atoms with Crippen LogP contribution in [0.25, 0.3) is 0 Å². The number of unbranched alkanes of at least 4 members (excludes halogenated alkanes) is 14. The monoisotopic (exact) mass is 516 g/mol. The first-order valence-corrected chi connectivity index (χ1v) is 20.3. The van der Waals surface area contributed by atoms with Gasteiger partial charge in [-0.25, -0.2) is 0 Å². The molecule has 0 amide bonds. The van der Waals surface area contributed by atoms with Crippen LogP contribution in [-0.2, 0) is 18.4 Å². The van der Waals surface area contributed by atoms with E-state index in [9.17, 15) is 9.59 Å². The number of carbonyl (C=O) groups excluding carboxylic acids is 1. The highest BCUT2D eigenvalue weighted by atomic mass is 28.4. The summed E-state index contributed by atoms with van der Waals surface area (Å²) in [5, 5.41) is 8.68. The van der Waals surface area contributed by atoms with Crippen LogP contribution in [-0.4, -0.2) is 40.8 Å². The summed E-state index contributed by atoms with van der Waals surface area (Å²) in [4.78, 5) is 21.7. The fraction of sp³-hybridized carbons (Fsp3) is 0.926. The third kappa shape index (κ3) is 23.1. The summed E-state index contributed by atoms with van der Waals surface area (Å²) in [6, 6.07) is 2.61. The Hall–Kier alpha value is -0.666. The lowest BCUT2D eigenvalue weighted by Crippen LogP contribution is -2.44. The maximum Gasteiger partial charge on any atom is 0.305 e. The molecule has 5 nitrogen and oxygen atoms in total. The molecular formula is C27H56O5Si2. The van der Waals surface area contributed by atoms with Crippen LogP contribution in [0.2, 0.25) is 38.3 Å². The first kappa shape index (κ1) is 33.3. The van der Waals surface area contributed by atoms with Gasteiger partial charge >= 0.3 is 11.9 Å². The van der Waals surface area contributed by atoms with E-state index in [1.807, 2.05) is 0 Å². The number of rotatable bonds is 24. The summed E-state index contributed by atoms with van der Waals surface area (Å²) < 4.78 is 11.5. The van der Waals surface area contributed by atoms with Crippen molar-refractivity contribution < 1.29 is 23.5 Å². The zero-order valence-corrected chi connectivity index (χ0v) is 25.2. The second-order valence-corrected chi connectivity index (χ2v) is 20.2. The average Bonchev–Trinajstić information content (AvgIpc) is 2.74. The van der Waals surface area contributed by atoms with Crippen molar-refractivity contribution in [2.45, 2.75) is 154 Å². The molecule has 202 valence electrons. The first-order chi connectivity index (χ1) is 16.1. The Morgan fingerprint density at radius 2 is 0.941 bits per heavy atom. The van der Waals surface area contributed by atoms with Crippen molar-refractivity contribution in [2.24, 2.45) is 0 Å². The molecule has 0 saturated carbocycles. The van der Waals surface area contributed by atoms with Gasteiger partial charge in [0.25, 0.3) is 0 Å². The van der Waals surface area contributed by atoms with Gasteiger partial charge in [0.2, 0.25) is 0 Å². The molecule has 0 heterocycles. The Morgan fingerprint density at radius 3 is 1.29 bits per heavy atom. The van der Waals surface area contributed by atoms with Gasteiger partial charge in [-0.05, 0) is 51.1 Å². The fourth-order valence-electron chi connectivity index (χ4n) is 4.73. The molecule has 1 N–H and O–H groups in total. The molecule has 0 spiro atoms. The number of hydrogen-bond donors (Lipinski definition) is 1. The summed E-state index contributed by atoms with van der Waals surface area (Å²) in [7, 11) is -1.67. The minimum atomic E-state index is -1.62. The van der Waals surface area contributed by atoms with Gasteiger partial charge in [-0.1, -0.05) is 89.9 Å². The third-order valence-electron chi connectivity index (χ3n) is 6.46. The number of hydrogen-bond acceptors (Lipinski definition) is 4. The molecule has 7 heteroatoms. The van der Waals surface area contributed by atoms with Crippen molar-refractivity contribution in [1.29, 1.82) is 0 Å². The van der Waals surface area contributed by atoms with E-state index < -0.39 is 22.6 Å². The summed E-state index contributed by atoms with van der Waals surface area (Å²) in [5.41, 5.74) is 0. The minimum absolute atomic E-state index is 0.0854. The van der Waals surface area contributed by atoms with Crippen LogP contribution in [0.1, 0.15) is 116 Å². The highest BCUT2D eigenvalue weighted by Crippen LogP contribution is 2.28. The van der Waals surface area contributed by atoms with Gasteiger partial charge in [0, 0.05) is 12.8 Å². The van der Waals surface area contributed by atoms with Gasteiger partial charge in [0.1, 0.15) is 0 Å². The average molecular weight is 517 g/mol. The zero-order chi connectivity index (χ0) is 25.7. The summed E-state index contributed by atoms with van der Waals surface area (Å²) in [6.07, 6.45) is 20.2. The molecule has 1 atom stereocenters. The smallest absolute Gasteiger partial charge is 0.305 e. The second kappa shape index (κ2) is 20.5. The second-order valence-electron chi connectivity index (χ2n) is 11.3. The molecule has 0 radical (unpaired) electrons. The Labute approximate surface area is 213 Å². The number of carbonyl (C=O) groups is 2. The van der Waals surface area contributed by atoms with Crippen molar-refractivity contribution in [3.63, 3.8) is 0 Å². The number of methoxy groups -OCH3 is 1. The van der Waals surface area contributed by atoms with Crippen LogP contribution < -0.4 is 0 Å². The highest BCUT2D eigenvalue weighted by molar-refractivity contribution is 6.84. The molecule has 34 heavy (non-hydrogen) atoms. The lowest BCUT2D eigenvalue weighted by Gasteiger charge is -2.35. The number of esters is 1. The third-order valence-corrected chi connectivity index (χ3v) is 13.7.